The van der Waals surface area contributed by atoms with Crippen molar-refractivity contribution in [1.29, 1.82) is 0 Å². The van der Waals surface area contributed by atoms with Crippen LogP contribution >= 0.6 is 0 Å². The molecular weight excluding hydrogens is 348 g/mol. The van der Waals surface area contributed by atoms with Gasteiger partial charge in [0.25, 0.3) is 0 Å². The molecule has 0 saturated carbocycles. The van der Waals surface area contributed by atoms with E-state index in [1.807, 2.05) is 48.5 Å². The first-order chi connectivity index (χ1) is 13.9. The lowest BCUT2D eigenvalue weighted by Gasteiger charge is -2.29. The fourth-order valence-corrected chi connectivity index (χ4v) is 3.93. The van der Waals surface area contributed by atoms with Gasteiger partial charge in [-0.2, -0.15) is 0 Å². The number of ether oxygens (including phenoxy) is 2. The van der Waals surface area contributed by atoms with E-state index in [4.69, 9.17) is 9.47 Å². The predicted octanol–water partition coefficient (Wildman–Crippen LogP) is 5.70. The molecular formula is C24H14N2O2. The quantitative estimate of drug-likeness (QED) is 0.348. The first kappa shape index (κ1) is 15.2. The van der Waals surface area contributed by atoms with Crippen molar-refractivity contribution in [2.75, 3.05) is 0 Å². The van der Waals surface area contributed by atoms with Gasteiger partial charge < -0.3 is 9.47 Å². The lowest BCUT2D eigenvalue weighted by Crippen LogP contribution is -2.09. The minimum Gasteiger partial charge on any atom is -0.454 e. The molecule has 0 amide bonds. The minimum atomic E-state index is 0.753. The molecule has 0 aliphatic carbocycles. The zero-order valence-corrected chi connectivity index (χ0v) is 14.8. The number of pyridine rings is 2. The molecule has 0 spiro atoms. The number of fused-ring (bicyclic) bond motifs is 4. The number of para-hydroxylation sites is 2. The van der Waals surface area contributed by atoms with Gasteiger partial charge in [0, 0.05) is 45.8 Å². The summed E-state index contributed by atoms with van der Waals surface area (Å²) in [5, 5.41) is 0. The minimum absolute atomic E-state index is 0.753. The van der Waals surface area contributed by atoms with E-state index in [0.717, 1.165) is 56.4 Å². The fourth-order valence-electron chi connectivity index (χ4n) is 3.93. The van der Waals surface area contributed by atoms with Crippen LogP contribution in [0.15, 0.2) is 85.5 Å². The van der Waals surface area contributed by atoms with Crippen LogP contribution in [0.5, 0.6) is 23.0 Å². The molecule has 2 aliphatic heterocycles. The highest BCUT2D eigenvalue weighted by Gasteiger charge is 2.30. The van der Waals surface area contributed by atoms with Gasteiger partial charge >= 0.3 is 0 Å². The molecule has 4 nitrogen and oxygen atoms in total. The molecule has 2 aromatic heterocycles. The van der Waals surface area contributed by atoms with Crippen LogP contribution in [0.25, 0.3) is 11.1 Å². The van der Waals surface area contributed by atoms with Crippen LogP contribution in [-0.4, -0.2) is 9.97 Å². The maximum atomic E-state index is 6.13. The van der Waals surface area contributed by atoms with Gasteiger partial charge in [-0.1, -0.05) is 36.4 Å². The molecule has 0 bridgehead atoms. The predicted molar refractivity (Wildman–Crippen MR) is 107 cm³/mol. The highest BCUT2D eigenvalue weighted by molar-refractivity contribution is 6.09. The molecule has 2 aromatic carbocycles. The number of aromatic nitrogens is 2. The van der Waals surface area contributed by atoms with Crippen molar-refractivity contribution in [3.05, 3.63) is 108 Å². The van der Waals surface area contributed by atoms with E-state index in [9.17, 15) is 0 Å². The van der Waals surface area contributed by atoms with Crippen LogP contribution in [0.4, 0.5) is 0 Å². The molecule has 6 rings (SSSR count). The van der Waals surface area contributed by atoms with Crippen molar-refractivity contribution in [3.63, 3.8) is 0 Å². The van der Waals surface area contributed by atoms with Gasteiger partial charge in [-0.05, 0) is 24.3 Å². The third-order valence-corrected chi connectivity index (χ3v) is 5.11. The molecule has 132 valence electrons. The summed E-state index contributed by atoms with van der Waals surface area (Å²) in [6, 6.07) is 20.2. The largest absolute Gasteiger partial charge is 0.454 e. The van der Waals surface area contributed by atoms with Gasteiger partial charge in [0.05, 0.1) is 12.4 Å². The number of nitrogens with zero attached hydrogens (tertiary/aromatic N) is 2. The molecule has 0 atom stereocenters. The molecule has 4 heterocycles. The van der Waals surface area contributed by atoms with E-state index >= 15 is 0 Å². The third kappa shape index (κ3) is 2.12. The Hall–Kier alpha value is -3.92. The smallest absolute Gasteiger partial charge is 0.153 e. The highest BCUT2D eigenvalue weighted by atomic mass is 16.5. The summed E-state index contributed by atoms with van der Waals surface area (Å²) in [5.74, 6) is 3.15. The van der Waals surface area contributed by atoms with Crippen LogP contribution in [0.2, 0.25) is 0 Å². The molecule has 0 N–H and O–H groups in total. The monoisotopic (exact) mass is 362 g/mol. The number of rotatable bonds is 0. The lowest BCUT2D eigenvalue weighted by atomic mass is 9.83. The summed E-state index contributed by atoms with van der Waals surface area (Å²) >= 11 is 0. The standard InChI is InChI=1S/C24H14N2O2/c1-3-7-19-15(5-1)23(17-9-11-25-13-21(17)27-19)24-16-6-2-4-8-20(16)28-22-14-26-12-10-18(22)24/h1-14H/b24-23-. The Morgan fingerprint density at radius 2 is 0.893 bits per heavy atom. The average molecular weight is 362 g/mol. The SMILES string of the molecule is c1ccc2c(c1)Oc1cnccc1/C2=C1/c2ccccc2Oc2cnccc21. The topological polar surface area (TPSA) is 44.2 Å². The Balaban J connectivity index is 1.80. The zero-order chi connectivity index (χ0) is 18.5. The summed E-state index contributed by atoms with van der Waals surface area (Å²) in [5.41, 5.74) is 6.36. The van der Waals surface area contributed by atoms with Crippen LogP contribution in [0.1, 0.15) is 22.3 Å². The maximum absolute atomic E-state index is 6.13. The molecule has 28 heavy (non-hydrogen) atoms. The molecule has 4 heteroatoms. The molecule has 0 fully saturated rings. The second-order valence-corrected chi connectivity index (χ2v) is 6.69. The Labute approximate surface area is 161 Å². The van der Waals surface area contributed by atoms with Crippen molar-refractivity contribution in [2.45, 2.75) is 0 Å². The Morgan fingerprint density at radius 1 is 0.464 bits per heavy atom. The second kappa shape index (κ2) is 5.79. The molecule has 0 unspecified atom stereocenters. The van der Waals surface area contributed by atoms with Crippen molar-refractivity contribution in [2.24, 2.45) is 0 Å². The first-order valence-electron chi connectivity index (χ1n) is 9.08. The summed E-state index contributed by atoms with van der Waals surface area (Å²) in [6.07, 6.45) is 7.14. The maximum Gasteiger partial charge on any atom is 0.153 e. The van der Waals surface area contributed by atoms with Crippen LogP contribution in [0, 0.1) is 0 Å². The summed E-state index contributed by atoms with van der Waals surface area (Å²) in [4.78, 5) is 8.51. The normalized spacial score (nSPS) is 16.0. The van der Waals surface area contributed by atoms with E-state index in [1.165, 1.54) is 0 Å². The van der Waals surface area contributed by atoms with Gasteiger partial charge in [-0.15, -0.1) is 0 Å². The summed E-state index contributed by atoms with van der Waals surface area (Å²) in [7, 11) is 0. The molecule has 4 aromatic rings. The van der Waals surface area contributed by atoms with Gasteiger partial charge in [0.1, 0.15) is 11.5 Å². The van der Waals surface area contributed by atoms with Crippen LogP contribution < -0.4 is 9.47 Å². The van der Waals surface area contributed by atoms with Crippen molar-refractivity contribution in [1.82, 2.24) is 9.97 Å². The van der Waals surface area contributed by atoms with E-state index in [0.29, 0.717) is 0 Å². The molecule has 0 saturated heterocycles. The highest BCUT2D eigenvalue weighted by Crippen LogP contribution is 2.52. The Morgan fingerprint density at radius 3 is 1.39 bits per heavy atom. The van der Waals surface area contributed by atoms with Gasteiger partial charge in [0.15, 0.2) is 11.5 Å². The first-order valence-corrected chi connectivity index (χ1v) is 9.08. The number of hydrogen-bond donors (Lipinski definition) is 0. The fraction of sp³-hybridized carbons (Fsp3) is 0. The summed E-state index contributed by atoms with van der Waals surface area (Å²) in [6.45, 7) is 0. The van der Waals surface area contributed by atoms with Gasteiger partial charge in [-0.3, -0.25) is 9.97 Å². The average Bonchev–Trinajstić information content (AvgIpc) is 2.76. The van der Waals surface area contributed by atoms with Crippen molar-refractivity contribution < 1.29 is 9.47 Å². The Bertz CT molecular complexity index is 1080. The number of hydrogen-bond acceptors (Lipinski definition) is 4. The molecule has 2 aliphatic rings. The molecule has 0 radical (unpaired) electrons. The van der Waals surface area contributed by atoms with Crippen molar-refractivity contribution >= 4 is 11.1 Å². The van der Waals surface area contributed by atoms with Gasteiger partial charge in [0.2, 0.25) is 0 Å². The Kier molecular flexibility index (Phi) is 3.14. The lowest BCUT2D eigenvalue weighted by molar-refractivity contribution is 0.469. The van der Waals surface area contributed by atoms with Crippen LogP contribution in [-0.2, 0) is 0 Å². The van der Waals surface area contributed by atoms with Crippen molar-refractivity contribution in [3.8, 4) is 23.0 Å². The van der Waals surface area contributed by atoms with Crippen LogP contribution in [0.3, 0.4) is 0 Å². The van der Waals surface area contributed by atoms with E-state index in [-0.39, 0.29) is 0 Å². The van der Waals surface area contributed by atoms with E-state index in [2.05, 4.69) is 22.1 Å². The van der Waals surface area contributed by atoms with E-state index in [1.54, 1.807) is 24.8 Å². The second-order valence-electron chi connectivity index (χ2n) is 6.69. The zero-order valence-electron chi connectivity index (χ0n) is 14.8. The third-order valence-electron chi connectivity index (χ3n) is 5.11. The van der Waals surface area contributed by atoms with E-state index < -0.39 is 0 Å². The number of benzene rings is 2. The summed E-state index contributed by atoms with van der Waals surface area (Å²) < 4.78 is 12.3. The van der Waals surface area contributed by atoms with Gasteiger partial charge in [-0.25, -0.2) is 0 Å².